The highest BCUT2D eigenvalue weighted by Crippen LogP contribution is 2.65. The molecule has 9 aromatic carbocycles. The molecular weight excluding hydrogens is 729 g/mol. The van der Waals surface area contributed by atoms with Crippen LogP contribution >= 0.6 is 0 Å². The molecule has 0 saturated heterocycles. The minimum atomic E-state index is -0.513. The second-order valence-corrected chi connectivity index (χ2v) is 15.9. The summed E-state index contributed by atoms with van der Waals surface area (Å²) in [5.74, 6) is 1.62. The van der Waals surface area contributed by atoms with Crippen molar-refractivity contribution in [1.82, 2.24) is 5.32 Å². The van der Waals surface area contributed by atoms with Crippen LogP contribution < -0.4 is 11.1 Å². The van der Waals surface area contributed by atoms with Crippen molar-refractivity contribution in [3.05, 3.63) is 245 Å². The van der Waals surface area contributed by atoms with Gasteiger partial charge in [-0.2, -0.15) is 0 Å². The molecule has 0 fully saturated rings. The standard InChI is InChI=1S/C56H38N4/c57-40-32-30-35(31-33-40)41-22-13-25-49-51(41)44-20-9-11-23-47(44)56(49)48-24-12-10-21-45(48)52-43-19-8-7-18-42(43)46(34-50(52)56)36-26-28-39(29-27-36)55-59-53(37-14-3-1-4-15-37)58-54(60-55)38-16-5-2-6-17-38/h1-34,55H,57H2,(H,58,59,60). The van der Waals surface area contributed by atoms with Crippen LogP contribution in [0.15, 0.2) is 216 Å². The van der Waals surface area contributed by atoms with E-state index in [1.165, 1.54) is 66.4 Å². The van der Waals surface area contributed by atoms with Gasteiger partial charge in [0.1, 0.15) is 11.7 Å². The van der Waals surface area contributed by atoms with E-state index in [9.17, 15) is 0 Å². The summed E-state index contributed by atoms with van der Waals surface area (Å²) in [6, 6.07) is 74.2. The van der Waals surface area contributed by atoms with Gasteiger partial charge in [-0.25, -0.2) is 9.98 Å². The summed E-state index contributed by atoms with van der Waals surface area (Å²) < 4.78 is 0. The van der Waals surface area contributed by atoms with E-state index >= 15 is 0 Å². The van der Waals surface area contributed by atoms with Crippen molar-refractivity contribution in [2.75, 3.05) is 5.73 Å². The molecule has 1 atom stereocenters. The van der Waals surface area contributed by atoms with Crippen molar-refractivity contribution < 1.29 is 0 Å². The molecule has 0 aromatic heterocycles. The summed E-state index contributed by atoms with van der Waals surface area (Å²) in [5, 5.41) is 6.01. The minimum absolute atomic E-state index is 0.401. The summed E-state index contributed by atoms with van der Waals surface area (Å²) in [6.45, 7) is 0. The number of nitrogen functional groups attached to an aromatic ring is 1. The molecule has 0 radical (unpaired) electrons. The predicted molar refractivity (Wildman–Crippen MR) is 247 cm³/mol. The highest BCUT2D eigenvalue weighted by molar-refractivity contribution is 6.16. The lowest BCUT2D eigenvalue weighted by Crippen LogP contribution is -2.35. The number of anilines is 1. The van der Waals surface area contributed by atoms with Crippen molar-refractivity contribution >= 4 is 28.1 Å². The Kier molecular flexibility index (Phi) is 7.63. The van der Waals surface area contributed by atoms with Crippen LogP contribution in [0.3, 0.4) is 0 Å². The van der Waals surface area contributed by atoms with Gasteiger partial charge in [-0.3, -0.25) is 0 Å². The van der Waals surface area contributed by atoms with E-state index in [0.717, 1.165) is 45.2 Å². The quantitative estimate of drug-likeness (QED) is 0.171. The van der Waals surface area contributed by atoms with Gasteiger partial charge >= 0.3 is 0 Å². The molecule has 282 valence electrons. The Balaban J connectivity index is 1.06. The summed E-state index contributed by atoms with van der Waals surface area (Å²) in [7, 11) is 0. The van der Waals surface area contributed by atoms with Crippen LogP contribution in [0.4, 0.5) is 5.69 Å². The molecule has 1 unspecified atom stereocenters. The first-order valence-electron chi connectivity index (χ1n) is 20.6. The van der Waals surface area contributed by atoms with Crippen molar-refractivity contribution in [2.45, 2.75) is 11.6 Å². The van der Waals surface area contributed by atoms with Gasteiger partial charge in [-0.15, -0.1) is 0 Å². The average molecular weight is 767 g/mol. The second-order valence-electron chi connectivity index (χ2n) is 15.9. The van der Waals surface area contributed by atoms with Crippen molar-refractivity contribution in [2.24, 2.45) is 9.98 Å². The molecule has 0 saturated carbocycles. The maximum Gasteiger partial charge on any atom is 0.169 e. The Hall–Kier alpha value is -7.82. The lowest BCUT2D eigenvalue weighted by Gasteiger charge is -2.31. The summed E-state index contributed by atoms with van der Waals surface area (Å²) in [5.41, 5.74) is 24.7. The van der Waals surface area contributed by atoms with Gasteiger partial charge in [0.15, 0.2) is 6.17 Å². The van der Waals surface area contributed by atoms with Crippen molar-refractivity contribution in [3.8, 4) is 44.5 Å². The topological polar surface area (TPSA) is 62.8 Å². The third-order valence-corrected chi connectivity index (χ3v) is 12.7. The number of aliphatic imine (C=N–C) groups is 2. The minimum Gasteiger partial charge on any atom is -0.399 e. The number of benzene rings is 9. The van der Waals surface area contributed by atoms with Crippen LogP contribution in [0.25, 0.3) is 55.3 Å². The first-order chi connectivity index (χ1) is 29.7. The highest BCUT2D eigenvalue weighted by atomic mass is 15.2. The van der Waals surface area contributed by atoms with Crippen LogP contribution in [-0.2, 0) is 5.41 Å². The van der Waals surface area contributed by atoms with Crippen LogP contribution in [0.2, 0.25) is 0 Å². The van der Waals surface area contributed by atoms with Gasteiger partial charge < -0.3 is 11.1 Å². The van der Waals surface area contributed by atoms with Crippen molar-refractivity contribution in [3.63, 3.8) is 0 Å². The first kappa shape index (κ1) is 34.2. The van der Waals surface area contributed by atoms with Gasteiger partial charge in [0.2, 0.25) is 0 Å². The number of amidine groups is 2. The van der Waals surface area contributed by atoms with E-state index in [4.69, 9.17) is 15.7 Å². The van der Waals surface area contributed by atoms with Gasteiger partial charge in [0, 0.05) is 16.8 Å². The molecule has 1 spiro atoms. The van der Waals surface area contributed by atoms with Gasteiger partial charge in [-0.05, 0) is 101 Å². The maximum absolute atomic E-state index is 6.19. The lowest BCUT2D eigenvalue weighted by molar-refractivity contribution is 0.756. The monoisotopic (exact) mass is 766 g/mol. The van der Waals surface area contributed by atoms with E-state index < -0.39 is 11.6 Å². The van der Waals surface area contributed by atoms with Crippen LogP contribution in [0.1, 0.15) is 45.1 Å². The third kappa shape index (κ3) is 5.04. The molecule has 2 aliphatic carbocycles. The number of nitrogens with zero attached hydrogens (tertiary/aromatic N) is 2. The molecule has 9 aromatic rings. The number of nitrogens with two attached hydrogens (primary N) is 1. The average Bonchev–Trinajstić information content (AvgIpc) is 3.80. The number of rotatable bonds is 5. The fraction of sp³-hybridized carbons (Fsp3) is 0.0357. The fourth-order valence-corrected chi connectivity index (χ4v) is 10.1. The Morgan fingerprint density at radius 3 is 1.53 bits per heavy atom. The van der Waals surface area contributed by atoms with Gasteiger partial charge in [0.05, 0.1) is 5.41 Å². The smallest absolute Gasteiger partial charge is 0.169 e. The van der Waals surface area contributed by atoms with Crippen LogP contribution in [-0.4, -0.2) is 11.7 Å². The molecule has 4 heteroatoms. The Labute approximate surface area is 349 Å². The summed E-state index contributed by atoms with van der Waals surface area (Å²) >= 11 is 0. The zero-order valence-electron chi connectivity index (χ0n) is 32.7. The summed E-state index contributed by atoms with van der Waals surface area (Å²) in [6.07, 6.45) is -0.401. The number of hydrogen-bond acceptors (Lipinski definition) is 4. The molecule has 1 aliphatic heterocycles. The molecule has 0 bridgehead atoms. The van der Waals surface area contributed by atoms with E-state index in [0.29, 0.717) is 0 Å². The Morgan fingerprint density at radius 2 is 0.883 bits per heavy atom. The maximum atomic E-state index is 6.19. The Morgan fingerprint density at radius 1 is 0.383 bits per heavy atom. The number of nitrogens with one attached hydrogen (secondary N) is 1. The molecule has 60 heavy (non-hydrogen) atoms. The molecular formula is C56H38N4. The van der Waals surface area contributed by atoms with Crippen LogP contribution in [0.5, 0.6) is 0 Å². The molecule has 1 heterocycles. The normalized spacial score (nSPS) is 16.1. The molecule has 0 amide bonds. The zero-order valence-corrected chi connectivity index (χ0v) is 32.7. The largest absolute Gasteiger partial charge is 0.399 e. The number of fused-ring (bicyclic) bond motifs is 12. The first-order valence-corrected chi connectivity index (χ1v) is 20.6. The fourth-order valence-electron chi connectivity index (χ4n) is 10.1. The van der Waals surface area contributed by atoms with E-state index in [1.807, 2.05) is 48.5 Å². The van der Waals surface area contributed by atoms with Gasteiger partial charge in [0.25, 0.3) is 0 Å². The van der Waals surface area contributed by atoms with Crippen LogP contribution in [0, 0.1) is 0 Å². The second kappa shape index (κ2) is 13.4. The summed E-state index contributed by atoms with van der Waals surface area (Å²) in [4.78, 5) is 10.3. The predicted octanol–water partition coefficient (Wildman–Crippen LogP) is 12.6. The molecule has 3 aliphatic rings. The third-order valence-electron chi connectivity index (χ3n) is 12.7. The Bertz CT molecular complexity index is 3160. The SMILES string of the molecule is Nc1ccc(-c2cccc3c2-c2ccccc2C32c3ccccc3-c3c2cc(-c2ccc(C4N=C(c5ccccc5)NC(c5ccccc5)=N4)cc2)c2ccccc32)cc1. The highest BCUT2D eigenvalue weighted by Gasteiger charge is 2.52. The van der Waals surface area contributed by atoms with Crippen molar-refractivity contribution in [1.29, 1.82) is 0 Å². The molecule has 3 N–H and O–H groups in total. The lowest BCUT2D eigenvalue weighted by atomic mass is 9.69. The zero-order chi connectivity index (χ0) is 39.8. The van der Waals surface area contributed by atoms with E-state index in [-0.39, 0.29) is 0 Å². The molecule has 4 nitrogen and oxygen atoms in total. The molecule has 12 rings (SSSR count). The van der Waals surface area contributed by atoms with Gasteiger partial charge in [-0.1, -0.05) is 188 Å². The van der Waals surface area contributed by atoms with E-state index in [2.05, 4.69) is 163 Å². The van der Waals surface area contributed by atoms with E-state index in [1.54, 1.807) is 0 Å². The number of hydrogen-bond donors (Lipinski definition) is 2.